The lowest BCUT2D eigenvalue weighted by Gasteiger charge is -2.43. The summed E-state index contributed by atoms with van der Waals surface area (Å²) in [5.41, 5.74) is 2.61. The smallest absolute Gasteiger partial charge is 0.253 e. The van der Waals surface area contributed by atoms with E-state index >= 15 is 0 Å². The molecule has 1 saturated heterocycles. The molecule has 0 unspecified atom stereocenters. The summed E-state index contributed by atoms with van der Waals surface area (Å²) in [6.45, 7) is 3.81. The van der Waals surface area contributed by atoms with E-state index in [1.807, 2.05) is 34.6 Å². The SMILES string of the molecule is CC=Cc1ccc(=O)n2c1[C@H]1C[C@@H](CN(C(=O)c3ccc(F)cc3)C1)C2. The van der Waals surface area contributed by atoms with Crippen molar-refractivity contribution in [3.8, 4) is 0 Å². The first-order chi connectivity index (χ1) is 12.6. The molecule has 1 fully saturated rings. The average Bonchev–Trinajstić information content (AvgIpc) is 2.64. The number of fused-ring (bicyclic) bond motifs is 4. The lowest BCUT2D eigenvalue weighted by atomic mass is 9.81. The van der Waals surface area contributed by atoms with Gasteiger partial charge in [-0.2, -0.15) is 0 Å². The number of hydrogen-bond donors (Lipinski definition) is 0. The van der Waals surface area contributed by atoms with Crippen LogP contribution in [0.2, 0.25) is 0 Å². The van der Waals surface area contributed by atoms with Gasteiger partial charge in [-0.05, 0) is 55.2 Å². The normalized spacial score (nSPS) is 21.7. The fourth-order valence-corrected chi connectivity index (χ4v) is 4.31. The molecule has 2 aromatic rings. The number of aromatic nitrogens is 1. The third-order valence-electron chi connectivity index (χ3n) is 5.35. The highest BCUT2D eigenvalue weighted by Crippen LogP contribution is 2.37. The standard InChI is InChI=1S/C21H21FN2O2/c1-2-3-15-6-9-19(25)24-12-14-10-17(20(15)24)13-23(11-14)21(26)16-4-7-18(22)8-5-16/h2-9,14,17H,10-13H2,1H3/t14-,17-/m0/s1. The van der Waals surface area contributed by atoms with Crippen LogP contribution in [0.3, 0.4) is 0 Å². The summed E-state index contributed by atoms with van der Waals surface area (Å²) >= 11 is 0. The zero-order valence-electron chi connectivity index (χ0n) is 14.7. The Morgan fingerprint density at radius 2 is 1.88 bits per heavy atom. The van der Waals surface area contributed by atoms with Gasteiger partial charge in [0.2, 0.25) is 0 Å². The Labute approximate surface area is 151 Å². The Kier molecular flexibility index (Phi) is 4.23. The zero-order valence-corrected chi connectivity index (χ0v) is 14.7. The molecule has 5 heteroatoms. The number of piperidine rings is 1. The van der Waals surface area contributed by atoms with Crippen LogP contribution in [0, 0.1) is 11.7 Å². The number of benzene rings is 1. The van der Waals surface area contributed by atoms with E-state index in [0.717, 1.165) is 17.7 Å². The fraction of sp³-hybridized carbons (Fsp3) is 0.333. The molecule has 2 aliphatic heterocycles. The molecule has 134 valence electrons. The maximum Gasteiger partial charge on any atom is 0.253 e. The van der Waals surface area contributed by atoms with Crippen LogP contribution in [0.25, 0.3) is 6.08 Å². The van der Waals surface area contributed by atoms with Gasteiger partial charge in [-0.15, -0.1) is 0 Å². The molecule has 2 atom stereocenters. The van der Waals surface area contributed by atoms with E-state index in [-0.39, 0.29) is 29.1 Å². The van der Waals surface area contributed by atoms with Crippen LogP contribution in [0.1, 0.15) is 40.9 Å². The number of amides is 1. The van der Waals surface area contributed by atoms with E-state index in [4.69, 9.17) is 0 Å². The summed E-state index contributed by atoms with van der Waals surface area (Å²) in [5.74, 6) is -0.00317. The second-order valence-electron chi connectivity index (χ2n) is 7.14. The molecule has 2 bridgehead atoms. The minimum Gasteiger partial charge on any atom is -0.338 e. The van der Waals surface area contributed by atoms with Crippen molar-refractivity contribution in [2.24, 2.45) is 5.92 Å². The molecule has 1 aromatic carbocycles. The van der Waals surface area contributed by atoms with Crippen LogP contribution < -0.4 is 5.56 Å². The highest BCUT2D eigenvalue weighted by atomic mass is 19.1. The van der Waals surface area contributed by atoms with Crippen molar-refractivity contribution >= 4 is 12.0 Å². The Bertz CT molecular complexity index is 930. The van der Waals surface area contributed by atoms with Crippen molar-refractivity contribution in [1.29, 1.82) is 0 Å². The Hall–Kier alpha value is -2.69. The monoisotopic (exact) mass is 352 g/mol. The van der Waals surface area contributed by atoms with Crippen molar-refractivity contribution < 1.29 is 9.18 Å². The Morgan fingerprint density at radius 1 is 1.12 bits per heavy atom. The van der Waals surface area contributed by atoms with E-state index in [9.17, 15) is 14.0 Å². The molecule has 0 spiro atoms. The predicted octanol–water partition coefficient (Wildman–Crippen LogP) is 3.28. The maximum absolute atomic E-state index is 13.1. The lowest BCUT2D eigenvalue weighted by molar-refractivity contribution is 0.0594. The summed E-state index contributed by atoms with van der Waals surface area (Å²) < 4.78 is 15.0. The van der Waals surface area contributed by atoms with Gasteiger partial charge in [-0.25, -0.2) is 4.39 Å². The molecule has 0 aliphatic carbocycles. The molecule has 0 radical (unpaired) electrons. The van der Waals surface area contributed by atoms with Crippen molar-refractivity contribution in [3.63, 3.8) is 0 Å². The second-order valence-corrected chi connectivity index (χ2v) is 7.14. The van der Waals surface area contributed by atoms with Gasteiger partial charge in [-0.3, -0.25) is 9.59 Å². The quantitative estimate of drug-likeness (QED) is 0.832. The van der Waals surface area contributed by atoms with Crippen molar-refractivity contribution in [3.05, 3.63) is 75.5 Å². The molecular weight excluding hydrogens is 331 g/mol. The first-order valence-corrected chi connectivity index (χ1v) is 8.98. The number of nitrogens with zero attached hydrogens (tertiary/aromatic N) is 2. The van der Waals surface area contributed by atoms with Crippen LogP contribution in [0.15, 0.2) is 47.3 Å². The maximum atomic E-state index is 13.1. The van der Waals surface area contributed by atoms with Crippen LogP contribution >= 0.6 is 0 Å². The van der Waals surface area contributed by atoms with E-state index in [0.29, 0.717) is 25.2 Å². The van der Waals surface area contributed by atoms with Crippen LogP contribution in [0.4, 0.5) is 4.39 Å². The summed E-state index contributed by atoms with van der Waals surface area (Å²) in [5, 5.41) is 0. The van der Waals surface area contributed by atoms with Gasteiger partial charge >= 0.3 is 0 Å². The molecule has 0 N–H and O–H groups in total. The fourth-order valence-electron chi connectivity index (χ4n) is 4.31. The number of likely N-dealkylation sites (tertiary alicyclic amines) is 1. The topological polar surface area (TPSA) is 42.3 Å². The molecule has 3 heterocycles. The number of rotatable bonds is 2. The summed E-state index contributed by atoms with van der Waals surface area (Å²) in [4.78, 5) is 27.0. The largest absolute Gasteiger partial charge is 0.338 e. The summed E-state index contributed by atoms with van der Waals surface area (Å²) in [6.07, 6.45) is 4.98. The van der Waals surface area contributed by atoms with Gasteiger partial charge in [0.05, 0.1) is 0 Å². The van der Waals surface area contributed by atoms with E-state index in [1.54, 1.807) is 6.07 Å². The lowest BCUT2D eigenvalue weighted by Crippen LogP contribution is -2.49. The van der Waals surface area contributed by atoms with E-state index in [2.05, 4.69) is 0 Å². The predicted molar refractivity (Wildman–Crippen MR) is 98.6 cm³/mol. The molecule has 26 heavy (non-hydrogen) atoms. The summed E-state index contributed by atoms with van der Waals surface area (Å²) in [6, 6.07) is 9.20. The molecule has 2 aliphatic rings. The van der Waals surface area contributed by atoms with Crippen LogP contribution in [-0.2, 0) is 6.54 Å². The van der Waals surface area contributed by atoms with E-state index < -0.39 is 0 Å². The van der Waals surface area contributed by atoms with Crippen molar-refractivity contribution in [2.45, 2.75) is 25.8 Å². The number of halogens is 1. The number of carbonyl (C=O) groups is 1. The second kappa shape index (κ2) is 6.56. The molecular formula is C21H21FN2O2. The van der Waals surface area contributed by atoms with Crippen molar-refractivity contribution in [2.75, 3.05) is 13.1 Å². The number of allylic oxidation sites excluding steroid dienone is 1. The van der Waals surface area contributed by atoms with Gasteiger partial charge in [0.25, 0.3) is 11.5 Å². The van der Waals surface area contributed by atoms with Gasteiger partial charge in [0.15, 0.2) is 0 Å². The first-order valence-electron chi connectivity index (χ1n) is 8.98. The minimum atomic E-state index is -0.346. The Morgan fingerprint density at radius 3 is 2.62 bits per heavy atom. The first kappa shape index (κ1) is 16.8. The molecule has 4 nitrogen and oxygen atoms in total. The molecule has 4 rings (SSSR count). The molecule has 0 saturated carbocycles. The molecule has 1 amide bonds. The number of hydrogen-bond acceptors (Lipinski definition) is 2. The number of pyridine rings is 1. The van der Waals surface area contributed by atoms with Gasteiger partial charge in [-0.1, -0.05) is 12.2 Å². The van der Waals surface area contributed by atoms with E-state index in [1.165, 1.54) is 24.3 Å². The number of carbonyl (C=O) groups excluding carboxylic acids is 1. The van der Waals surface area contributed by atoms with Crippen molar-refractivity contribution in [1.82, 2.24) is 9.47 Å². The third-order valence-corrected chi connectivity index (χ3v) is 5.35. The Balaban J connectivity index is 1.68. The average molecular weight is 352 g/mol. The zero-order chi connectivity index (χ0) is 18.3. The molecule has 1 aromatic heterocycles. The van der Waals surface area contributed by atoms with Crippen LogP contribution in [0.5, 0.6) is 0 Å². The highest BCUT2D eigenvalue weighted by molar-refractivity contribution is 5.94. The van der Waals surface area contributed by atoms with Crippen LogP contribution in [-0.4, -0.2) is 28.5 Å². The third kappa shape index (κ3) is 2.87. The highest BCUT2D eigenvalue weighted by Gasteiger charge is 2.37. The minimum absolute atomic E-state index is 0.0289. The van der Waals surface area contributed by atoms with Gasteiger partial charge in [0, 0.05) is 42.9 Å². The summed E-state index contributed by atoms with van der Waals surface area (Å²) in [7, 11) is 0. The van der Waals surface area contributed by atoms with Gasteiger partial charge < -0.3 is 9.47 Å². The van der Waals surface area contributed by atoms with Gasteiger partial charge in [0.1, 0.15) is 5.82 Å².